The lowest BCUT2D eigenvalue weighted by molar-refractivity contribution is 0.0555. The molecule has 2 N–H and O–H groups in total. The Balaban J connectivity index is 1.94. The monoisotopic (exact) mass is 394 g/mol. The minimum absolute atomic E-state index is 0.0595. The Kier molecular flexibility index (Phi) is 8.56. The maximum atomic E-state index is 10.3. The number of likely N-dealkylation sites (N-methyl/N-ethyl adjacent to an activating group) is 1. The second kappa shape index (κ2) is 10.4. The fourth-order valence-corrected chi connectivity index (χ4v) is 3.38. The average molecular weight is 395 g/mol. The van der Waals surface area contributed by atoms with Gasteiger partial charge in [0.25, 0.3) is 0 Å². The molecule has 2 rings (SSSR count). The topological polar surface area (TPSA) is 65.4 Å². The van der Waals surface area contributed by atoms with Crippen molar-refractivity contribution in [3.63, 3.8) is 0 Å². The van der Waals surface area contributed by atoms with E-state index < -0.39 is 6.10 Å². The van der Waals surface area contributed by atoms with Crippen LogP contribution in [0.5, 0.6) is 11.5 Å². The number of aliphatic hydroxyl groups is 2. The molecular formula is C22H38N2O4. The lowest BCUT2D eigenvalue weighted by Crippen LogP contribution is -2.39. The van der Waals surface area contributed by atoms with E-state index in [1.165, 1.54) is 0 Å². The molecule has 1 fully saturated rings. The van der Waals surface area contributed by atoms with Crippen LogP contribution in [0.3, 0.4) is 0 Å². The Morgan fingerprint density at radius 2 is 1.89 bits per heavy atom. The Labute approximate surface area is 170 Å². The molecule has 0 radical (unpaired) electrons. The van der Waals surface area contributed by atoms with Crippen molar-refractivity contribution in [1.29, 1.82) is 0 Å². The van der Waals surface area contributed by atoms with Crippen LogP contribution >= 0.6 is 0 Å². The van der Waals surface area contributed by atoms with E-state index in [2.05, 4.69) is 36.6 Å². The standard InChI is InChI=1S/C22H38N2O4/c1-17(2)23(4)14-19(26)15-28-21-12-18(6-7-20(21)27-5)13-24-10-8-22(3,16-25)9-11-24/h6-7,12,17,19,25-26H,8-11,13-16H2,1-5H3. The van der Waals surface area contributed by atoms with Gasteiger partial charge in [0.1, 0.15) is 12.7 Å². The van der Waals surface area contributed by atoms with Crippen LogP contribution in [0.15, 0.2) is 18.2 Å². The lowest BCUT2D eigenvalue weighted by atomic mass is 9.81. The van der Waals surface area contributed by atoms with Gasteiger partial charge in [-0.3, -0.25) is 4.90 Å². The highest BCUT2D eigenvalue weighted by atomic mass is 16.5. The molecule has 1 heterocycles. The smallest absolute Gasteiger partial charge is 0.161 e. The number of aliphatic hydroxyl groups excluding tert-OH is 2. The van der Waals surface area contributed by atoms with Crippen LogP contribution in [0.1, 0.15) is 39.2 Å². The van der Waals surface area contributed by atoms with Crippen molar-refractivity contribution in [2.24, 2.45) is 5.41 Å². The molecule has 1 aromatic carbocycles. The molecule has 1 atom stereocenters. The molecule has 1 aliphatic rings. The number of hydrogen-bond donors (Lipinski definition) is 2. The van der Waals surface area contributed by atoms with Crippen LogP contribution in [0, 0.1) is 5.41 Å². The highest BCUT2D eigenvalue weighted by Crippen LogP contribution is 2.32. The minimum Gasteiger partial charge on any atom is -0.493 e. The summed E-state index contributed by atoms with van der Waals surface area (Å²) in [6, 6.07) is 6.38. The zero-order valence-electron chi connectivity index (χ0n) is 18.1. The van der Waals surface area contributed by atoms with Crippen molar-refractivity contribution < 1.29 is 19.7 Å². The van der Waals surface area contributed by atoms with Gasteiger partial charge >= 0.3 is 0 Å². The zero-order chi connectivity index (χ0) is 20.7. The first-order chi connectivity index (χ1) is 13.3. The van der Waals surface area contributed by atoms with Crippen LogP contribution in [0.25, 0.3) is 0 Å². The molecular weight excluding hydrogens is 356 g/mol. The van der Waals surface area contributed by atoms with Gasteiger partial charge in [0.05, 0.1) is 7.11 Å². The van der Waals surface area contributed by atoms with Gasteiger partial charge in [-0.2, -0.15) is 0 Å². The first-order valence-electron chi connectivity index (χ1n) is 10.3. The van der Waals surface area contributed by atoms with Crippen LogP contribution < -0.4 is 9.47 Å². The summed E-state index contributed by atoms with van der Waals surface area (Å²) >= 11 is 0. The molecule has 0 spiro atoms. The van der Waals surface area contributed by atoms with Gasteiger partial charge in [-0.15, -0.1) is 0 Å². The molecule has 1 saturated heterocycles. The van der Waals surface area contributed by atoms with Crippen LogP contribution in [0.2, 0.25) is 0 Å². The molecule has 0 saturated carbocycles. The third-order valence-electron chi connectivity index (χ3n) is 5.89. The number of nitrogens with zero attached hydrogens (tertiary/aromatic N) is 2. The summed E-state index contributed by atoms with van der Waals surface area (Å²) in [7, 11) is 3.63. The third kappa shape index (κ3) is 6.62. The normalized spacial score (nSPS) is 18.5. The fourth-order valence-electron chi connectivity index (χ4n) is 3.38. The number of rotatable bonds is 10. The van der Waals surface area contributed by atoms with Gasteiger partial charge in [0.15, 0.2) is 11.5 Å². The Hall–Kier alpha value is -1.34. The first-order valence-corrected chi connectivity index (χ1v) is 10.3. The quantitative estimate of drug-likeness (QED) is 0.635. The van der Waals surface area contributed by atoms with Gasteiger partial charge in [0, 0.05) is 25.7 Å². The maximum Gasteiger partial charge on any atom is 0.161 e. The van der Waals surface area contributed by atoms with Crippen molar-refractivity contribution in [3.8, 4) is 11.5 Å². The summed E-state index contributed by atoms with van der Waals surface area (Å²) < 4.78 is 11.3. The van der Waals surface area contributed by atoms with E-state index in [1.807, 2.05) is 19.2 Å². The van der Waals surface area contributed by atoms with E-state index in [4.69, 9.17) is 9.47 Å². The first kappa shape index (κ1) is 22.9. The van der Waals surface area contributed by atoms with Gasteiger partial charge in [-0.05, 0) is 69.9 Å². The van der Waals surface area contributed by atoms with Crippen LogP contribution in [0.4, 0.5) is 0 Å². The summed E-state index contributed by atoms with van der Waals surface area (Å²) in [5.74, 6) is 1.35. The van der Waals surface area contributed by atoms with E-state index in [0.29, 0.717) is 24.1 Å². The molecule has 0 amide bonds. The summed E-state index contributed by atoms with van der Waals surface area (Å²) in [6.45, 7) is 10.2. The Bertz CT molecular complexity index is 600. The molecule has 6 heteroatoms. The maximum absolute atomic E-state index is 10.3. The number of likely N-dealkylation sites (tertiary alicyclic amines) is 1. The fraction of sp³-hybridized carbons (Fsp3) is 0.727. The largest absolute Gasteiger partial charge is 0.493 e. The van der Waals surface area contributed by atoms with E-state index >= 15 is 0 Å². The predicted octanol–water partition coefficient (Wildman–Crippen LogP) is 2.37. The molecule has 1 aliphatic heterocycles. The van der Waals surface area contributed by atoms with Gasteiger partial charge < -0.3 is 24.6 Å². The van der Waals surface area contributed by atoms with Crippen LogP contribution in [-0.4, -0.2) is 79.2 Å². The van der Waals surface area contributed by atoms with Crippen LogP contribution in [-0.2, 0) is 6.54 Å². The summed E-state index contributed by atoms with van der Waals surface area (Å²) in [5, 5.41) is 19.8. The van der Waals surface area contributed by atoms with Crippen molar-refractivity contribution in [2.45, 2.75) is 52.3 Å². The van der Waals surface area contributed by atoms with E-state index in [1.54, 1.807) is 7.11 Å². The predicted molar refractivity (Wildman–Crippen MR) is 112 cm³/mol. The van der Waals surface area contributed by atoms with Crippen molar-refractivity contribution in [3.05, 3.63) is 23.8 Å². The number of methoxy groups -OCH3 is 1. The van der Waals surface area contributed by atoms with Crippen molar-refractivity contribution in [1.82, 2.24) is 9.80 Å². The van der Waals surface area contributed by atoms with Gasteiger partial charge in [-0.25, -0.2) is 0 Å². The highest BCUT2D eigenvalue weighted by Gasteiger charge is 2.29. The lowest BCUT2D eigenvalue weighted by Gasteiger charge is -2.38. The number of hydrogen-bond acceptors (Lipinski definition) is 6. The Morgan fingerprint density at radius 1 is 1.21 bits per heavy atom. The van der Waals surface area contributed by atoms with E-state index in [-0.39, 0.29) is 18.6 Å². The summed E-state index contributed by atoms with van der Waals surface area (Å²) in [5.41, 5.74) is 1.22. The molecule has 1 unspecified atom stereocenters. The summed E-state index contributed by atoms with van der Waals surface area (Å²) in [6.07, 6.45) is 1.47. The minimum atomic E-state index is -0.556. The summed E-state index contributed by atoms with van der Waals surface area (Å²) in [4.78, 5) is 4.51. The second-order valence-electron chi connectivity index (χ2n) is 8.73. The number of ether oxygens (including phenoxy) is 2. The van der Waals surface area contributed by atoms with E-state index in [9.17, 15) is 10.2 Å². The molecule has 0 aliphatic carbocycles. The second-order valence-corrected chi connectivity index (χ2v) is 8.73. The molecule has 0 bridgehead atoms. The molecule has 160 valence electrons. The highest BCUT2D eigenvalue weighted by molar-refractivity contribution is 5.43. The molecule has 1 aromatic rings. The molecule has 0 aromatic heterocycles. The van der Waals surface area contributed by atoms with E-state index in [0.717, 1.165) is 38.0 Å². The third-order valence-corrected chi connectivity index (χ3v) is 5.89. The molecule has 28 heavy (non-hydrogen) atoms. The van der Waals surface area contributed by atoms with Crippen molar-refractivity contribution in [2.75, 3.05) is 47.0 Å². The SMILES string of the molecule is COc1ccc(CN2CCC(C)(CO)CC2)cc1OCC(O)CN(C)C(C)C. The number of piperidine rings is 1. The molecule has 6 nitrogen and oxygen atoms in total. The van der Waals surface area contributed by atoms with Crippen molar-refractivity contribution >= 4 is 0 Å². The van der Waals surface area contributed by atoms with Gasteiger partial charge in [0.2, 0.25) is 0 Å². The van der Waals surface area contributed by atoms with Gasteiger partial charge in [-0.1, -0.05) is 13.0 Å². The Morgan fingerprint density at radius 3 is 2.46 bits per heavy atom. The average Bonchev–Trinajstić information content (AvgIpc) is 2.68. The number of benzene rings is 1. The zero-order valence-corrected chi connectivity index (χ0v) is 18.1.